The lowest BCUT2D eigenvalue weighted by atomic mass is 9.86. The minimum Gasteiger partial charge on any atom is -0.306 e. The molecule has 0 aliphatic carbocycles. The second kappa shape index (κ2) is 7.07. The van der Waals surface area contributed by atoms with Crippen molar-refractivity contribution in [1.82, 2.24) is 0 Å². The van der Waals surface area contributed by atoms with Gasteiger partial charge < -0.3 is 9.80 Å². The van der Waals surface area contributed by atoms with Gasteiger partial charge in [-0.25, -0.2) is 0 Å². The maximum atomic E-state index is 2.39. The molecule has 0 fully saturated rings. The minimum atomic E-state index is 0.0753. The van der Waals surface area contributed by atoms with Crippen molar-refractivity contribution in [2.24, 2.45) is 0 Å². The van der Waals surface area contributed by atoms with Gasteiger partial charge >= 0.3 is 0 Å². The van der Waals surface area contributed by atoms with Crippen LogP contribution in [-0.2, 0) is 5.41 Å². The number of fused-ring (bicyclic) bond motifs is 2. The zero-order valence-electron chi connectivity index (χ0n) is 17.7. The van der Waals surface area contributed by atoms with Gasteiger partial charge in [-0.2, -0.15) is 0 Å². The molecule has 1 aliphatic rings. The van der Waals surface area contributed by atoms with Crippen LogP contribution in [-0.4, -0.2) is 0 Å². The Bertz CT molecular complexity index is 1170. The van der Waals surface area contributed by atoms with E-state index in [2.05, 4.69) is 134 Å². The summed E-state index contributed by atoms with van der Waals surface area (Å²) in [6.07, 6.45) is 0. The van der Waals surface area contributed by atoms with Gasteiger partial charge in [0, 0.05) is 11.4 Å². The fraction of sp³-hybridized carbons (Fsp3) is 0.143. The van der Waals surface area contributed by atoms with Crippen molar-refractivity contribution in [3.8, 4) is 0 Å². The molecular formula is C28H26N2. The summed E-state index contributed by atoms with van der Waals surface area (Å²) in [5, 5.41) is 0. The Morgan fingerprint density at radius 1 is 0.467 bits per heavy atom. The van der Waals surface area contributed by atoms with E-state index in [0.29, 0.717) is 0 Å². The fourth-order valence-electron chi connectivity index (χ4n) is 4.17. The molecule has 0 spiro atoms. The van der Waals surface area contributed by atoms with E-state index in [1.165, 1.54) is 39.7 Å². The monoisotopic (exact) mass is 390 g/mol. The Kier molecular flexibility index (Phi) is 4.36. The summed E-state index contributed by atoms with van der Waals surface area (Å²) in [6.45, 7) is 6.81. The van der Waals surface area contributed by atoms with Crippen molar-refractivity contribution in [3.63, 3.8) is 0 Å². The van der Waals surface area contributed by atoms with E-state index in [4.69, 9.17) is 0 Å². The predicted octanol–water partition coefficient (Wildman–Crippen LogP) is 8.24. The summed E-state index contributed by atoms with van der Waals surface area (Å²) in [5.74, 6) is 0. The van der Waals surface area contributed by atoms with Crippen molar-refractivity contribution < 1.29 is 0 Å². The summed E-state index contributed by atoms with van der Waals surface area (Å²) in [4.78, 5) is 4.76. The standard InChI is InChI=1S/C28H26N2/c1-28(2,3)21-18-19-26-27(20-21)30(23-14-8-5-9-15-23)25-17-11-10-16-24(25)29(26)22-12-6-4-7-13-22/h4-20H,1-3H3. The van der Waals surface area contributed by atoms with E-state index < -0.39 is 0 Å². The van der Waals surface area contributed by atoms with Crippen LogP contribution >= 0.6 is 0 Å². The second-order valence-electron chi connectivity index (χ2n) is 8.78. The quantitative estimate of drug-likeness (QED) is 0.299. The van der Waals surface area contributed by atoms with Crippen LogP contribution in [0, 0.1) is 0 Å². The van der Waals surface area contributed by atoms with Crippen molar-refractivity contribution in [2.75, 3.05) is 9.80 Å². The van der Waals surface area contributed by atoms with Gasteiger partial charge in [-0.05, 0) is 59.5 Å². The average molecular weight is 391 g/mol. The van der Waals surface area contributed by atoms with Crippen LogP contribution < -0.4 is 9.80 Å². The molecule has 2 nitrogen and oxygen atoms in total. The Hall–Kier alpha value is -3.52. The third-order valence-electron chi connectivity index (χ3n) is 5.72. The highest BCUT2D eigenvalue weighted by Crippen LogP contribution is 2.54. The van der Waals surface area contributed by atoms with Crippen LogP contribution in [0.3, 0.4) is 0 Å². The number of nitrogens with zero attached hydrogens (tertiary/aromatic N) is 2. The smallest absolute Gasteiger partial charge is 0.0706 e. The van der Waals surface area contributed by atoms with Gasteiger partial charge in [0.25, 0.3) is 0 Å². The first kappa shape index (κ1) is 18.5. The summed E-state index contributed by atoms with van der Waals surface area (Å²) < 4.78 is 0. The van der Waals surface area contributed by atoms with Gasteiger partial charge in [-0.1, -0.05) is 75.4 Å². The Morgan fingerprint density at radius 3 is 1.40 bits per heavy atom. The maximum absolute atomic E-state index is 2.39. The number of anilines is 6. The van der Waals surface area contributed by atoms with E-state index in [1.807, 2.05) is 0 Å². The molecule has 0 bridgehead atoms. The second-order valence-corrected chi connectivity index (χ2v) is 8.78. The third-order valence-corrected chi connectivity index (χ3v) is 5.72. The van der Waals surface area contributed by atoms with Crippen LogP contribution in [0.5, 0.6) is 0 Å². The highest BCUT2D eigenvalue weighted by molar-refractivity contribution is 6.01. The lowest BCUT2D eigenvalue weighted by molar-refractivity contribution is 0.590. The highest BCUT2D eigenvalue weighted by atomic mass is 15.3. The van der Waals surface area contributed by atoms with Crippen molar-refractivity contribution in [3.05, 3.63) is 109 Å². The SMILES string of the molecule is CC(C)(C)c1ccc2c(c1)N(c1ccccc1)c1ccccc1N2c1ccccc1. The van der Waals surface area contributed by atoms with Gasteiger partial charge in [-0.15, -0.1) is 0 Å². The molecule has 0 unspecified atom stereocenters. The number of hydrogen-bond donors (Lipinski definition) is 0. The Balaban J connectivity index is 1.82. The number of rotatable bonds is 2. The lowest BCUT2D eigenvalue weighted by Gasteiger charge is -2.41. The molecule has 4 aromatic rings. The highest BCUT2D eigenvalue weighted by Gasteiger charge is 2.31. The Morgan fingerprint density at radius 2 is 0.900 bits per heavy atom. The predicted molar refractivity (Wildman–Crippen MR) is 128 cm³/mol. The molecule has 0 N–H and O–H groups in total. The fourth-order valence-corrected chi connectivity index (χ4v) is 4.17. The molecule has 4 aromatic carbocycles. The van der Waals surface area contributed by atoms with Crippen molar-refractivity contribution >= 4 is 34.1 Å². The zero-order chi connectivity index (χ0) is 20.7. The largest absolute Gasteiger partial charge is 0.306 e. The molecule has 5 rings (SSSR count). The molecule has 1 heterocycles. The summed E-state index contributed by atoms with van der Waals surface area (Å²) >= 11 is 0. The third kappa shape index (κ3) is 3.05. The van der Waals surface area contributed by atoms with Crippen LogP contribution in [0.25, 0.3) is 0 Å². The van der Waals surface area contributed by atoms with Crippen LogP contribution in [0.15, 0.2) is 103 Å². The molecule has 1 aliphatic heterocycles. The lowest BCUT2D eigenvalue weighted by Crippen LogP contribution is -2.25. The molecule has 0 amide bonds. The molecule has 0 radical (unpaired) electrons. The zero-order valence-corrected chi connectivity index (χ0v) is 17.7. The van der Waals surface area contributed by atoms with Gasteiger partial charge in [0.05, 0.1) is 22.7 Å². The van der Waals surface area contributed by atoms with Gasteiger partial charge in [0.2, 0.25) is 0 Å². The van der Waals surface area contributed by atoms with E-state index >= 15 is 0 Å². The van der Waals surface area contributed by atoms with Gasteiger partial charge in [0.15, 0.2) is 0 Å². The van der Waals surface area contributed by atoms with E-state index in [-0.39, 0.29) is 5.41 Å². The van der Waals surface area contributed by atoms with Gasteiger partial charge in [-0.3, -0.25) is 0 Å². The van der Waals surface area contributed by atoms with Crippen LogP contribution in [0.1, 0.15) is 26.3 Å². The number of benzene rings is 4. The van der Waals surface area contributed by atoms with Crippen molar-refractivity contribution in [2.45, 2.75) is 26.2 Å². The first-order valence-electron chi connectivity index (χ1n) is 10.5. The molecule has 0 saturated carbocycles. The molecule has 0 saturated heterocycles. The molecule has 0 aromatic heterocycles. The van der Waals surface area contributed by atoms with E-state index in [1.54, 1.807) is 0 Å². The normalized spacial score (nSPS) is 13.0. The number of para-hydroxylation sites is 4. The summed E-state index contributed by atoms with van der Waals surface area (Å²) in [7, 11) is 0. The topological polar surface area (TPSA) is 6.48 Å². The van der Waals surface area contributed by atoms with Crippen LogP contribution in [0.4, 0.5) is 34.1 Å². The van der Waals surface area contributed by atoms with Crippen LogP contribution in [0.2, 0.25) is 0 Å². The Labute approximate surface area is 179 Å². The maximum Gasteiger partial charge on any atom is 0.0706 e. The molecule has 148 valence electrons. The van der Waals surface area contributed by atoms with Crippen molar-refractivity contribution in [1.29, 1.82) is 0 Å². The first-order valence-corrected chi connectivity index (χ1v) is 10.5. The molecule has 30 heavy (non-hydrogen) atoms. The van der Waals surface area contributed by atoms with E-state index in [0.717, 1.165) is 0 Å². The van der Waals surface area contributed by atoms with Gasteiger partial charge in [0.1, 0.15) is 0 Å². The molecular weight excluding hydrogens is 364 g/mol. The minimum absolute atomic E-state index is 0.0753. The number of hydrogen-bond acceptors (Lipinski definition) is 2. The summed E-state index contributed by atoms with van der Waals surface area (Å²) in [6, 6.07) is 36.8. The summed E-state index contributed by atoms with van der Waals surface area (Å²) in [5.41, 5.74) is 8.51. The van der Waals surface area contributed by atoms with E-state index in [9.17, 15) is 0 Å². The molecule has 0 atom stereocenters. The molecule has 2 heteroatoms. The first-order chi connectivity index (χ1) is 14.5. The average Bonchev–Trinajstić information content (AvgIpc) is 2.77.